The fourth-order valence-corrected chi connectivity index (χ4v) is 2.05. The topological polar surface area (TPSA) is 29.5 Å². The largest absolute Gasteiger partial charge is 0.386 e. The van der Waals surface area contributed by atoms with Gasteiger partial charge in [-0.15, -0.1) is 0 Å². The number of rotatable bonds is 4. The molecule has 0 aliphatic rings. The highest BCUT2D eigenvalue weighted by Crippen LogP contribution is 2.34. The highest BCUT2D eigenvalue weighted by atomic mass is 19.2. The Balaban J connectivity index is 3.17. The van der Waals surface area contributed by atoms with E-state index in [1.54, 1.807) is 6.92 Å². The Hall–Kier alpha value is -1.00. The first-order chi connectivity index (χ1) is 8.70. The van der Waals surface area contributed by atoms with Crippen molar-refractivity contribution < 1.29 is 18.6 Å². The molecule has 0 saturated carbocycles. The molecule has 0 bridgehead atoms. The summed E-state index contributed by atoms with van der Waals surface area (Å²) < 4.78 is 33.0. The number of benzene rings is 1. The molecule has 1 N–H and O–H groups in total. The van der Waals surface area contributed by atoms with Crippen LogP contribution in [0.25, 0.3) is 0 Å². The van der Waals surface area contributed by atoms with Crippen LogP contribution in [0.1, 0.15) is 44.9 Å². The lowest BCUT2D eigenvalue weighted by Crippen LogP contribution is -2.35. The van der Waals surface area contributed by atoms with Gasteiger partial charge in [-0.2, -0.15) is 0 Å². The summed E-state index contributed by atoms with van der Waals surface area (Å²) in [6.07, 6.45) is -1.80. The van der Waals surface area contributed by atoms with Crippen molar-refractivity contribution in [3.05, 3.63) is 34.9 Å². The summed E-state index contributed by atoms with van der Waals surface area (Å²) in [5.74, 6) is -1.91. The lowest BCUT2D eigenvalue weighted by molar-refractivity contribution is -0.0910. The van der Waals surface area contributed by atoms with E-state index >= 15 is 0 Å². The summed E-state index contributed by atoms with van der Waals surface area (Å²) in [5.41, 5.74) is -0.225. The lowest BCUT2D eigenvalue weighted by atomic mass is 9.83. The quantitative estimate of drug-likeness (QED) is 0.904. The van der Waals surface area contributed by atoms with Gasteiger partial charge in [0.05, 0.1) is 6.10 Å². The van der Waals surface area contributed by atoms with Crippen LogP contribution in [0.2, 0.25) is 0 Å². The number of ether oxygens (including phenoxy) is 1. The molecule has 0 heterocycles. The molecule has 1 rings (SSSR count). The number of halogens is 2. The predicted molar refractivity (Wildman–Crippen MR) is 70.9 cm³/mol. The summed E-state index contributed by atoms with van der Waals surface area (Å²) in [6, 6.07) is 2.87. The van der Waals surface area contributed by atoms with E-state index in [1.165, 1.54) is 19.1 Å². The highest BCUT2D eigenvalue weighted by Gasteiger charge is 2.34. The minimum atomic E-state index is -1.20. The summed E-state index contributed by atoms with van der Waals surface area (Å²) in [4.78, 5) is 0. The van der Waals surface area contributed by atoms with E-state index in [0.717, 1.165) is 0 Å². The van der Waals surface area contributed by atoms with Gasteiger partial charge in [0.1, 0.15) is 6.10 Å². The average Bonchev–Trinajstić information content (AvgIpc) is 2.31. The Morgan fingerprint density at radius 2 is 1.79 bits per heavy atom. The molecule has 0 saturated heterocycles. The van der Waals surface area contributed by atoms with Crippen LogP contribution in [0.4, 0.5) is 8.78 Å². The van der Waals surface area contributed by atoms with E-state index in [9.17, 15) is 13.9 Å². The molecule has 4 heteroatoms. The van der Waals surface area contributed by atoms with E-state index in [1.807, 2.05) is 20.8 Å². The van der Waals surface area contributed by atoms with Crippen molar-refractivity contribution in [3.63, 3.8) is 0 Å². The van der Waals surface area contributed by atoms with Gasteiger partial charge in [-0.1, -0.05) is 32.9 Å². The van der Waals surface area contributed by atoms with Crippen LogP contribution in [-0.4, -0.2) is 17.8 Å². The molecule has 108 valence electrons. The zero-order valence-electron chi connectivity index (χ0n) is 12.1. The van der Waals surface area contributed by atoms with Crippen molar-refractivity contribution in [2.24, 2.45) is 5.41 Å². The van der Waals surface area contributed by atoms with Gasteiger partial charge < -0.3 is 9.84 Å². The second-order valence-electron chi connectivity index (χ2n) is 5.79. The number of aliphatic hydroxyl groups is 1. The Kier molecular flexibility index (Phi) is 5.04. The molecule has 0 fully saturated rings. The maximum absolute atomic E-state index is 13.9. The van der Waals surface area contributed by atoms with Gasteiger partial charge in [-0.05, 0) is 24.8 Å². The van der Waals surface area contributed by atoms with Crippen molar-refractivity contribution in [3.8, 4) is 0 Å². The second-order valence-corrected chi connectivity index (χ2v) is 5.79. The summed E-state index contributed by atoms with van der Waals surface area (Å²) in [6.45, 7) is 9.35. The molecule has 0 aromatic heterocycles. The predicted octanol–water partition coefficient (Wildman–Crippen LogP) is 3.76. The maximum Gasteiger partial charge on any atom is 0.164 e. The van der Waals surface area contributed by atoms with E-state index in [4.69, 9.17) is 4.74 Å². The lowest BCUT2D eigenvalue weighted by Gasteiger charge is -2.34. The molecule has 0 amide bonds. The van der Waals surface area contributed by atoms with Gasteiger partial charge in [0.25, 0.3) is 0 Å². The van der Waals surface area contributed by atoms with E-state index in [0.29, 0.717) is 6.61 Å². The zero-order valence-corrected chi connectivity index (χ0v) is 12.1. The van der Waals surface area contributed by atoms with E-state index in [-0.39, 0.29) is 16.5 Å². The minimum absolute atomic E-state index is 0.0588. The summed E-state index contributed by atoms with van der Waals surface area (Å²) >= 11 is 0. The molecular weight excluding hydrogens is 250 g/mol. The van der Waals surface area contributed by atoms with Gasteiger partial charge in [-0.3, -0.25) is 0 Å². The average molecular weight is 272 g/mol. The smallest absolute Gasteiger partial charge is 0.164 e. The van der Waals surface area contributed by atoms with Crippen molar-refractivity contribution in [2.45, 2.75) is 46.8 Å². The van der Waals surface area contributed by atoms with Gasteiger partial charge in [-0.25, -0.2) is 8.78 Å². The van der Waals surface area contributed by atoms with Gasteiger partial charge >= 0.3 is 0 Å². The third kappa shape index (κ3) is 3.51. The van der Waals surface area contributed by atoms with E-state index < -0.39 is 23.8 Å². The minimum Gasteiger partial charge on any atom is -0.386 e. The number of hydrogen-bond donors (Lipinski definition) is 1. The first-order valence-electron chi connectivity index (χ1n) is 6.44. The van der Waals surface area contributed by atoms with Crippen LogP contribution in [0.3, 0.4) is 0 Å². The van der Waals surface area contributed by atoms with Crippen LogP contribution >= 0.6 is 0 Å². The molecule has 2 nitrogen and oxygen atoms in total. The fourth-order valence-electron chi connectivity index (χ4n) is 2.05. The Labute approximate surface area is 113 Å². The third-order valence-electron chi connectivity index (χ3n) is 3.11. The van der Waals surface area contributed by atoms with Crippen LogP contribution < -0.4 is 0 Å². The number of aliphatic hydroxyl groups excluding tert-OH is 1. The van der Waals surface area contributed by atoms with Crippen LogP contribution in [0.15, 0.2) is 12.1 Å². The fraction of sp³-hybridized carbons (Fsp3) is 0.600. The van der Waals surface area contributed by atoms with E-state index in [2.05, 4.69) is 0 Å². The molecule has 1 aromatic carbocycles. The Morgan fingerprint density at radius 1 is 1.21 bits per heavy atom. The van der Waals surface area contributed by atoms with Gasteiger partial charge in [0.2, 0.25) is 0 Å². The van der Waals surface area contributed by atoms with Crippen molar-refractivity contribution in [1.82, 2.24) is 0 Å². The molecule has 0 aliphatic carbocycles. The molecule has 1 aromatic rings. The Bertz CT molecular complexity index is 439. The van der Waals surface area contributed by atoms with Crippen LogP contribution in [-0.2, 0) is 4.74 Å². The highest BCUT2D eigenvalue weighted by molar-refractivity contribution is 5.28. The molecule has 0 spiro atoms. The molecule has 0 radical (unpaired) electrons. The van der Waals surface area contributed by atoms with Crippen LogP contribution in [0.5, 0.6) is 0 Å². The monoisotopic (exact) mass is 272 g/mol. The molecule has 0 aliphatic heterocycles. The second kappa shape index (κ2) is 5.97. The van der Waals surface area contributed by atoms with Crippen molar-refractivity contribution in [2.75, 3.05) is 6.61 Å². The maximum atomic E-state index is 13.9. The molecule has 19 heavy (non-hydrogen) atoms. The van der Waals surface area contributed by atoms with Gasteiger partial charge in [0, 0.05) is 12.2 Å². The first kappa shape index (κ1) is 16.1. The SMILES string of the molecule is CCOC(C(O)c1ccc(C)c(F)c1F)C(C)(C)C. The summed E-state index contributed by atoms with van der Waals surface area (Å²) in [5, 5.41) is 10.3. The van der Waals surface area contributed by atoms with Gasteiger partial charge in [0.15, 0.2) is 11.6 Å². The van der Waals surface area contributed by atoms with Crippen molar-refractivity contribution in [1.29, 1.82) is 0 Å². The van der Waals surface area contributed by atoms with Crippen LogP contribution in [0, 0.1) is 24.0 Å². The number of aryl methyl sites for hydroxylation is 1. The third-order valence-corrected chi connectivity index (χ3v) is 3.11. The normalized spacial score (nSPS) is 15.4. The number of hydrogen-bond acceptors (Lipinski definition) is 2. The standard InChI is InChI=1S/C15H22F2O2/c1-6-19-14(15(3,4)5)13(18)10-8-7-9(2)11(16)12(10)17/h7-8,13-14,18H,6H2,1-5H3. The van der Waals surface area contributed by atoms with Crippen molar-refractivity contribution >= 4 is 0 Å². The first-order valence-corrected chi connectivity index (χ1v) is 6.44. The molecule has 2 unspecified atom stereocenters. The molecular formula is C15H22F2O2. The summed E-state index contributed by atoms with van der Waals surface area (Å²) in [7, 11) is 0. The zero-order chi connectivity index (χ0) is 14.8. The molecule has 2 atom stereocenters. The Morgan fingerprint density at radius 3 is 2.26 bits per heavy atom.